The molecule has 0 saturated carbocycles. The van der Waals surface area contributed by atoms with Gasteiger partial charge in [-0.2, -0.15) is 5.10 Å². The fourth-order valence-electron chi connectivity index (χ4n) is 2.21. The van der Waals surface area contributed by atoms with Crippen LogP contribution >= 0.6 is 11.3 Å². The second-order valence-electron chi connectivity index (χ2n) is 7.99. The van der Waals surface area contributed by atoms with Crippen LogP contribution in [0.5, 0.6) is 0 Å². The molecule has 3 aromatic rings. The number of rotatable bonds is 3. The van der Waals surface area contributed by atoms with E-state index in [4.69, 9.17) is 0 Å². The molecule has 0 unspecified atom stereocenters. The molecule has 0 aliphatic heterocycles. The van der Waals surface area contributed by atoms with Crippen LogP contribution in [-0.2, 0) is 17.4 Å². The lowest BCUT2D eigenvalue weighted by Gasteiger charge is -2.13. The Balaban J connectivity index is 1.83. The van der Waals surface area contributed by atoms with Crippen molar-refractivity contribution in [1.29, 1.82) is 0 Å². The molecule has 3 heterocycles. The summed E-state index contributed by atoms with van der Waals surface area (Å²) < 4.78 is 1.87. The Bertz CT molecular complexity index is 850. The van der Waals surface area contributed by atoms with Crippen LogP contribution < -0.4 is 5.32 Å². The molecule has 0 amide bonds. The van der Waals surface area contributed by atoms with Crippen molar-refractivity contribution in [2.24, 2.45) is 0 Å². The van der Waals surface area contributed by atoms with E-state index in [1.165, 1.54) is 0 Å². The fraction of sp³-hybridized carbons (Fsp3) is 0.529. The highest BCUT2D eigenvalue weighted by atomic mass is 32.1. The molecule has 128 valence electrons. The highest BCUT2D eigenvalue weighted by molar-refractivity contribution is 7.11. The van der Waals surface area contributed by atoms with Gasteiger partial charge >= 0.3 is 0 Å². The first-order chi connectivity index (χ1) is 11.1. The summed E-state index contributed by atoms with van der Waals surface area (Å²) in [7, 11) is 0. The molecule has 0 fully saturated rings. The smallest absolute Gasteiger partial charge is 0.152 e. The van der Waals surface area contributed by atoms with Gasteiger partial charge in [0.15, 0.2) is 5.82 Å². The van der Waals surface area contributed by atoms with Crippen LogP contribution in [0.3, 0.4) is 0 Å². The number of hydrogen-bond donors (Lipinski definition) is 1. The lowest BCUT2D eigenvalue weighted by Crippen LogP contribution is -2.11. The lowest BCUT2D eigenvalue weighted by atomic mass is 9.92. The summed E-state index contributed by atoms with van der Waals surface area (Å²) in [4.78, 5) is 4.46. The third kappa shape index (κ3) is 3.40. The lowest BCUT2D eigenvalue weighted by molar-refractivity contribution is 0.562. The van der Waals surface area contributed by atoms with Crippen LogP contribution in [0, 0.1) is 0 Å². The minimum absolute atomic E-state index is 0.00409. The van der Waals surface area contributed by atoms with E-state index in [0.717, 1.165) is 27.0 Å². The van der Waals surface area contributed by atoms with Crippen molar-refractivity contribution in [3.05, 3.63) is 34.2 Å². The third-order valence-electron chi connectivity index (χ3n) is 3.67. The van der Waals surface area contributed by atoms with Gasteiger partial charge in [0.05, 0.1) is 12.2 Å². The summed E-state index contributed by atoms with van der Waals surface area (Å²) in [5.74, 6) is 0.813. The molecular weight excluding hydrogens is 320 g/mol. The minimum atomic E-state index is 0.00409. The Labute approximate surface area is 146 Å². The van der Waals surface area contributed by atoms with Crippen molar-refractivity contribution in [2.45, 2.75) is 58.9 Å². The SMILES string of the molecule is CC(C)(C)c1cc2c(NCc3nnc(C(C)(C)C)s3)nccn2n1. The average molecular weight is 344 g/mol. The van der Waals surface area contributed by atoms with Crippen LogP contribution in [0.2, 0.25) is 0 Å². The Morgan fingerprint density at radius 1 is 1.08 bits per heavy atom. The minimum Gasteiger partial charge on any atom is -0.362 e. The predicted molar refractivity (Wildman–Crippen MR) is 97.6 cm³/mol. The van der Waals surface area contributed by atoms with Gasteiger partial charge in [-0.15, -0.1) is 10.2 Å². The largest absolute Gasteiger partial charge is 0.362 e. The molecule has 0 spiro atoms. The first-order valence-corrected chi connectivity index (χ1v) is 8.88. The number of nitrogens with zero attached hydrogens (tertiary/aromatic N) is 5. The van der Waals surface area contributed by atoms with Gasteiger partial charge in [0.2, 0.25) is 0 Å². The maximum Gasteiger partial charge on any atom is 0.152 e. The van der Waals surface area contributed by atoms with Crippen LogP contribution in [-0.4, -0.2) is 24.8 Å². The number of nitrogens with one attached hydrogen (secondary N) is 1. The van der Waals surface area contributed by atoms with Crippen molar-refractivity contribution < 1.29 is 0 Å². The maximum absolute atomic E-state index is 4.65. The van der Waals surface area contributed by atoms with Crippen LogP contribution in [0.1, 0.15) is 57.3 Å². The van der Waals surface area contributed by atoms with Gasteiger partial charge < -0.3 is 5.32 Å². The summed E-state index contributed by atoms with van der Waals surface area (Å²) in [6, 6.07) is 2.09. The number of hydrogen-bond acceptors (Lipinski definition) is 6. The summed E-state index contributed by atoms with van der Waals surface area (Å²) >= 11 is 1.64. The van der Waals surface area contributed by atoms with E-state index in [2.05, 4.69) is 73.2 Å². The van der Waals surface area contributed by atoms with E-state index in [0.29, 0.717) is 6.54 Å². The Morgan fingerprint density at radius 3 is 2.46 bits per heavy atom. The molecule has 0 atom stereocenters. The van der Waals surface area contributed by atoms with Gasteiger partial charge in [-0.05, 0) is 6.07 Å². The van der Waals surface area contributed by atoms with Crippen molar-refractivity contribution in [3.63, 3.8) is 0 Å². The molecular formula is C17H24N6S. The van der Waals surface area contributed by atoms with E-state index >= 15 is 0 Å². The zero-order chi connectivity index (χ0) is 17.5. The van der Waals surface area contributed by atoms with Crippen molar-refractivity contribution in [3.8, 4) is 0 Å². The summed E-state index contributed by atoms with van der Waals surface area (Å²) in [5.41, 5.74) is 2.05. The third-order valence-corrected chi connectivity index (χ3v) is 5.02. The Morgan fingerprint density at radius 2 is 1.83 bits per heavy atom. The molecule has 0 bridgehead atoms. The van der Waals surface area contributed by atoms with E-state index in [-0.39, 0.29) is 10.8 Å². The Kier molecular flexibility index (Phi) is 4.07. The zero-order valence-corrected chi connectivity index (χ0v) is 15.9. The monoisotopic (exact) mass is 344 g/mol. The van der Waals surface area contributed by atoms with E-state index in [1.807, 2.05) is 10.7 Å². The normalized spacial score (nSPS) is 12.8. The Hall–Kier alpha value is -2.02. The van der Waals surface area contributed by atoms with E-state index in [1.54, 1.807) is 17.5 Å². The number of fused-ring (bicyclic) bond motifs is 1. The summed E-state index contributed by atoms with van der Waals surface area (Å²) in [5, 5.41) is 18.6. The van der Waals surface area contributed by atoms with Gasteiger partial charge in [-0.3, -0.25) is 0 Å². The maximum atomic E-state index is 4.65. The highest BCUT2D eigenvalue weighted by Gasteiger charge is 2.20. The second-order valence-corrected chi connectivity index (χ2v) is 9.05. The van der Waals surface area contributed by atoms with Gasteiger partial charge in [0.25, 0.3) is 0 Å². The molecule has 3 rings (SSSR count). The van der Waals surface area contributed by atoms with Crippen molar-refractivity contribution in [2.75, 3.05) is 5.32 Å². The fourth-order valence-corrected chi connectivity index (χ4v) is 3.05. The first-order valence-electron chi connectivity index (χ1n) is 8.06. The molecule has 0 radical (unpaired) electrons. The molecule has 0 aliphatic carbocycles. The molecule has 0 saturated heterocycles. The second kappa shape index (κ2) is 5.81. The van der Waals surface area contributed by atoms with Crippen molar-refractivity contribution >= 4 is 22.7 Å². The van der Waals surface area contributed by atoms with Crippen molar-refractivity contribution in [1.82, 2.24) is 24.8 Å². The molecule has 0 aromatic carbocycles. The molecule has 6 nitrogen and oxygen atoms in total. The molecule has 1 N–H and O–H groups in total. The topological polar surface area (TPSA) is 68.0 Å². The van der Waals surface area contributed by atoms with Gasteiger partial charge in [-0.1, -0.05) is 52.9 Å². The van der Waals surface area contributed by atoms with Crippen LogP contribution in [0.15, 0.2) is 18.5 Å². The zero-order valence-electron chi connectivity index (χ0n) is 15.1. The van der Waals surface area contributed by atoms with E-state index in [9.17, 15) is 0 Å². The van der Waals surface area contributed by atoms with Gasteiger partial charge in [0, 0.05) is 23.2 Å². The van der Waals surface area contributed by atoms with Gasteiger partial charge in [0.1, 0.15) is 15.5 Å². The molecule has 3 aromatic heterocycles. The van der Waals surface area contributed by atoms with E-state index < -0.39 is 0 Å². The standard InChI is InChI=1S/C17H24N6S/c1-16(2,3)12-9-11-14(18-7-8-23(11)22-12)19-10-13-20-21-15(24-13)17(4,5)6/h7-9H,10H2,1-6H3,(H,18,19). The first kappa shape index (κ1) is 16.8. The van der Waals surface area contributed by atoms with Gasteiger partial charge in [-0.25, -0.2) is 9.50 Å². The summed E-state index contributed by atoms with van der Waals surface area (Å²) in [6.45, 7) is 13.5. The molecule has 0 aliphatic rings. The summed E-state index contributed by atoms with van der Waals surface area (Å²) in [6.07, 6.45) is 3.63. The highest BCUT2D eigenvalue weighted by Crippen LogP contribution is 2.27. The predicted octanol–water partition coefficient (Wildman–Crippen LogP) is 3.79. The molecule has 7 heteroatoms. The number of aromatic nitrogens is 5. The van der Waals surface area contributed by atoms with Crippen LogP contribution in [0.4, 0.5) is 5.82 Å². The number of anilines is 1. The molecule has 24 heavy (non-hydrogen) atoms. The van der Waals surface area contributed by atoms with Crippen LogP contribution in [0.25, 0.3) is 5.52 Å². The quantitative estimate of drug-likeness (QED) is 0.783. The average Bonchev–Trinajstić information content (AvgIpc) is 3.10.